The van der Waals surface area contributed by atoms with Crippen LogP contribution in [0.4, 0.5) is 0 Å². The van der Waals surface area contributed by atoms with Gasteiger partial charge in [-0.05, 0) is 57.9 Å². The lowest BCUT2D eigenvalue weighted by molar-refractivity contribution is -0.139. The molecule has 0 unspecified atom stereocenters. The summed E-state index contributed by atoms with van der Waals surface area (Å²) in [6.07, 6.45) is 0. The summed E-state index contributed by atoms with van der Waals surface area (Å²) < 4.78 is 5.19. The van der Waals surface area contributed by atoms with Crippen molar-refractivity contribution in [2.75, 3.05) is 12.9 Å². The lowest BCUT2D eigenvalue weighted by atomic mass is 10.1. The monoisotopic (exact) mass is 442 g/mol. The molecule has 0 radical (unpaired) electrons. The van der Waals surface area contributed by atoms with E-state index >= 15 is 0 Å². The minimum atomic E-state index is -0.561. The molecule has 0 saturated heterocycles. The topological polar surface area (TPSA) is 58.6 Å². The fourth-order valence-electron chi connectivity index (χ4n) is 3.12. The molecule has 5 nitrogen and oxygen atoms in total. The molecule has 1 atom stereocenters. The van der Waals surface area contributed by atoms with Crippen LogP contribution in [0.3, 0.4) is 0 Å². The number of hydrogen-bond donors (Lipinski definition) is 1. The number of nitrogens with zero attached hydrogens (tertiary/aromatic N) is 1. The highest BCUT2D eigenvalue weighted by Gasteiger charge is 2.28. The van der Waals surface area contributed by atoms with Crippen molar-refractivity contribution in [1.29, 1.82) is 0 Å². The number of amides is 2. The SMILES string of the molecule is COc1ccc(CSCC(=O)N(Cc2cccc(C)c2)[C@H](C)C(=O)NC(C)(C)C)cc1. The first-order valence-electron chi connectivity index (χ1n) is 10.5. The molecule has 1 N–H and O–H groups in total. The van der Waals surface area contributed by atoms with Crippen LogP contribution < -0.4 is 10.1 Å². The quantitative estimate of drug-likeness (QED) is 0.618. The Kier molecular flexibility index (Phi) is 8.99. The van der Waals surface area contributed by atoms with Crippen molar-refractivity contribution >= 4 is 23.6 Å². The van der Waals surface area contributed by atoms with E-state index in [1.165, 1.54) is 0 Å². The first-order chi connectivity index (χ1) is 14.6. The van der Waals surface area contributed by atoms with Gasteiger partial charge in [-0.25, -0.2) is 0 Å². The predicted octanol–water partition coefficient (Wildman–Crippen LogP) is 4.57. The van der Waals surface area contributed by atoms with Crippen LogP contribution in [0.5, 0.6) is 5.75 Å². The van der Waals surface area contributed by atoms with Crippen molar-refractivity contribution in [3.8, 4) is 5.75 Å². The Morgan fingerprint density at radius 1 is 1.10 bits per heavy atom. The Morgan fingerprint density at radius 2 is 1.77 bits per heavy atom. The average Bonchev–Trinajstić information content (AvgIpc) is 2.70. The average molecular weight is 443 g/mol. The Labute approximate surface area is 190 Å². The van der Waals surface area contributed by atoms with Gasteiger partial charge in [0.15, 0.2) is 0 Å². The Balaban J connectivity index is 2.07. The van der Waals surface area contributed by atoms with Crippen LogP contribution in [0.15, 0.2) is 48.5 Å². The predicted molar refractivity (Wildman–Crippen MR) is 128 cm³/mol. The van der Waals surface area contributed by atoms with Gasteiger partial charge >= 0.3 is 0 Å². The second-order valence-electron chi connectivity index (χ2n) is 8.77. The van der Waals surface area contributed by atoms with Crippen LogP contribution in [0, 0.1) is 6.92 Å². The van der Waals surface area contributed by atoms with Gasteiger partial charge in [0.1, 0.15) is 11.8 Å². The van der Waals surface area contributed by atoms with Crippen molar-refractivity contribution in [3.63, 3.8) is 0 Å². The molecule has 0 fully saturated rings. The summed E-state index contributed by atoms with van der Waals surface area (Å²) in [5.41, 5.74) is 2.92. The summed E-state index contributed by atoms with van der Waals surface area (Å²) >= 11 is 1.55. The Bertz CT molecular complexity index is 875. The number of rotatable bonds is 9. The lowest BCUT2D eigenvalue weighted by Gasteiger charge is -2.31. The van der Waals surface area contributed by atoms with Gasteiger partial charge in [-0.3, -0.25) is 9.59 Å². The van der Waals surface area contributed by atoms with E-state index in [2.05, 4.69) is 11.4 Å². The summed E-state index contributed by atoms with van der Waals surface area (Å²) in [5.74, 6) is 1.65. The maximum atomic E-state index is 13.1. The number of hydrogen-bond acceptors (Lipinski definition) is 4. The van der Waals surface area contributed by atoms with Crippen molar-refractivity contribution in [3.05, 3.63) is 65.2 Å². The van der Waals surface area contributed by atoms with Crippen molar-refractivity contribution in [2.45, 2.75) is 58.5 Å². The molecular weight excluding hydrogens is 408 g/mol. The number of aryl methyl sites for hydroxylation is 1. The molecule has 0 aliphatic carbocycles. The van der Waals surface area contributed by atoms with Crippen LogP contribution in [0.25, 0.3) is 0 Å². The number of ether oxygens (including phenoxy) is 1. The highest BCUT2D eigenvalue weighted by molar-refractivity contribution is 7.99. The maximum absolute atomic E-state index is 13.1. The second kappa shape index (κ2) is 11.2. The third kappa shape index (κ3) is 8.29. The van der Waals surface area contributed by atoms with Crippen molar-refractivity contribution in [1.82, 2.24) is 10.2 Å². The Morgan fingerprint density at radius 3 is 2.35 bits per heavy atom. The summed E-state index contributed by atoms with van der Waals surface area (Å²) in [4.78, 5) is 27.6. The van der Waals surface area contributed by atoms with Gasteiger partial charge in [-0.2, -0.15) is 0 Å². The van der Waals surface area contributed by atoms with Gasteiger partial charge < -0.3 is 15.0 Å². The first kappa shape index (κ1) is 24.8. The molecule has 0 aromatic heterocycles. The molecule has 2 aromatic rings. The minimum absolute atomic E-state index is 0.0448. The number of nitrogens with one attached hydrogen (secondary N) is 1. The summed E-state index contributed by atoms with van der Waals surface area (Å²) in [7, 11) is 1.64. The van der Waals surface area contributed by atoms with E-state index in [9.17, 15) is 9.59 Å². The third-order valence-corrected chi connectivity index (χ3v) is 5.74. The van der Waals surface area contributed by atoms with Gasteiger partial charge in [0.05, 0.1) is 12.9 Å². The Hall–Kier alpha value is -2.47. The highest BCUT2D eigenvalue weighted by Crippen LogP contribution is 2.19. The molecule has 2 aromatic carbocycles. The van der Waals surface area contributed by atoms with E-state index < -0.39 is 6.04 Å². The minimum Gasteiger partial charge on any atom is -0.497 e. The normalized spacial score (nSPS) is 12.2. The molecule has 0 aliphatic rings. The van der Waals surface area contributed by atoms with Gasteiger partial charge in [0.2, 0.25) is 11.8 Å². The summed E-state index contributed by atoms with van der Waals surface area (Å²) in [6.45, 7) is 10.0. The standard InChI is InChI=1S/C25H34N2O3S/c1-18-8-7-9-21(14-18)15-27(19(2)24(29)26-25(3,4)5)23(28)17-31-16-20-10-12-22(30-6)13-11-20/h7-14,19H,15-17H2,1-6H3,(H,26,29)/t19-/m1/s1. The van der Waals surface area contributed by atoms with Gasteiger partial charge in [-0.1, -0.05) is 42.0 Å². The number of methoxy groups -OCH3 is 1. The van der Waals surface area contributed by atoms with E-state index in [0.29, 0.717) is 12.3 Å². The van der Waals surface area contributed by atoms with Crippen LogP contribution in [0.2, 0.25) is 0 Å². The number of carbonyl (C=O) groups excluding carboxylic acids is 2. The van der Waals surface area contributed by atoms with Crippen LogP contribution >= 0.6 is 11.8 Å². The van der Waals surface area contributed by atoms with Gasteiger partial charge in [0.25, 0.3) is 0 Å². The van der Waals surface area contributed by atoms with E-state index in [0.717, 1.165) is 28.2 Å². The third-order valence-electron chi connectivity index (χ3n) is 4.75. The lowest BCUT2D eigenvalue weighted by Crippen LogP contribution is -2.52. The van der Waals surface area contributed by atoms with E-state index in [1.807, 2.05) is 70.2 Å². The van der Waals surface area contributed by atoms with E-state index in [1.54, 1.807) is 30.7 Å². The second-order valence-corrected chi connectivity index (χ2v) is 9.75. The number of carbonyl (C=O) groups is 2. The number of thioether (sulfide) groups is 1. The molecule has 0 bridgehead atoms. The van der Waals surface area contributed by atoms with Crippen LogP contribution in [0.1, 0.15) is 44.4 Å². The molecule has 0 heterocycles. The number of benzene rings is 2. The zero-order chi connectivity index (χ0) is 23.0. The first-order valence-corrected chi connectivity index (χ1v) is 11.6. The zero-order valence-electron chi connectivity index (χ0n) is 19.4. The van der Waals surface area contributed by atoms with Gasteiger partial charge in [0, 0.05) is 17.8 Å². The van der Waals surface area contributed by atoms with Gasteiger partial charge in [-0.15, -0.1) is 11.8 Å². The smallest absolute Gasteiger partial charge is 0.242 e. The molecule has 2 amide bonds. The molecule has 0 saturated carbocycles. The van der Waals surface area contributed by atoms with E-state index in [4.69, 9.17) is 4.74 Å². The molecule has 31 heavy (non-hydrogen) atoms. The highest BCUT2D eigenvalue weighted by atomic mass is 32.2. The zero-order valence-corrected chi connectivity index (χ0v) is 20.2. The van der Waals surface area contributed by atoms with E-state index in [-0.39, 0.29) is 17.4 Å². The summed E-state index contributed by atoms with van der Waals surface area (Å²) in [5, 5.41) is 2.99. The van der Waals surface area contributed by atoms with Crippen molar-refractivity contribution in [2.24, 2.45) is 0 Å². The molecule has 0 aliphatic heterocycles. The van der Waals surface area contributed by atoms with Crippen LogP contribution in [-0.4, -0.2) is 41.2 Å². The maximum Gasteiger partial charge on any atom is 0.242 e. The summed E-state index contributed by atoms with van der Waals surface area (Å²) in [6, 6.07) is 15.3. The molecule has 0 spiro atoms. The fraction of sp³-hybridized carbons (Fsp3) is 0.440. The molecule has 2 rings (SSSR count). The molecular formula is C25H34N2O3S. The molecule has 6 heteroatoms. The largest absolute Gasteiger partial charge is 0.497 e. The molecule has 168 valence electrons. The van der Waals surface area contributed by atoms with Crippen molar-refractivity contribution < 1.29 is 14.3 Å². The van der Waals surface area contributed by atoms with Crippen LogP contribution in [-0.2, 0) is 21.9 Å². The fourth-order valence-corrected chi connectivity index (χ4v) is 4.00.